The Labute approximate surface area is 160 Å². The lowest BCUT2D eigenvalue weighted by Crippen LogP contribution is -2.46. The third-order valence-corrected chi connectivity index (χ3v) is 5.12. The molecule has 0 saturated carbocycles. The van der Waals surface area contributed by atoms with Crippen LogP contribution in [0.2, 0.25) is 5.02 Å². The van der Waals surface area contributed by atoms with Crippen molar-refractivity contribution >= 4 is 17.5 Å². The Morgan fingerprint density at radius 2 is 2.00 bits per heavy atom. The van der Waals surface area contributed by atoms with Crippen LogP contribution in [0.5, 0.6) is 0 Å². The number of carbonyl (C=O) groups is 1. The van der Waals surface area contributed by atoms with Gasteiger partial charge in [0.25, 0.3) is 5.91 Å². The highest BCUT2D eigenvalue weighted by Gasteiger charge is 2.23. The van der Waals surface area contributed by atoms with Crippen molar-refractivity contribution in [2.24, 2.45) is 11.8 Å². The zero-order chi connectivity index (χ0) is 18.7. The minimum Gasteiger partial charge on any atom is -0.348 e. The summed E-state index contributed by atoms with van der Waals surface area (Å²) in [5.41, 5.74) is 1.30. The van der Waals surface area contributed by atoms with Crippen LogP contribution in [-0.2, 0) is 0 Å². The number of carbonyl (C=O) groups excluding carboxylic acids is 1. The van der Waals surface area contributed by atoms with Gasteiger partial charge in [-0.1, -0.05) is 37.6 Å². The number of halogens is 1. The molecule has 2 heterocycles. The normalized spacial score (nSPS) is 22.2. The number of piperidine rings is 1. The van der Waals surface area contributed by atoms with E-state index in [4.69, 9.17) is 11.6 Å². The Hall–Kier alpha value is -1.85. The summed E-state index contributed by atoms with van der Waals surface area (Å²) in [5.74, 6) is 1.33. The standard InChI is InChI=1S/C20H27ClN4O/c1-14-8-15(2)11-24(10-14)12-16(3)23-20(26)17-9-22-25(13-17)19-7-5-4-6-18(19)21/h4-7,9,13-16H,8,10-12H2,1-3H3,(H,23,26). The summed E-state index contributed by atoms with van der Waals surface area (Å²) in [7, 11) is 0. The number of nitrogens with zero attached hydrogens (tertiary/aromatic N) is 3. The summed E-state index contributed by atoms with van der Waals surface area (Å²) >= 11 is 6.20. The van der Waals surface area contributed by atoms with Crippen LogP contribution in [-0.4, -0.2) is 46.3 Å². The smallest absolute Gasteiger partial charge is 0.254 e. The fraction of sp³-hybridized carbons (Fsp3) is 0.500. The minimum atomic E-state index is -0.103. The molecule has 140 valence electrons. The summed E-state index contributed by atoms with van der Waals surface area (Å²) in [6.07, 6.45) is 4.59. The molecule has 1 amide bonds. The molecule has 2 aromatic rings. The number of hydrogen-bond donors (Lipinski definition) is 1. The molecule has 1 N–H and O–H groups in total. The van der Waals surface area contributed by atoms with E-state index in [2.05, 4.69) is 36.1 Å². The summed E-state index contributed by atoms with van der Waals surface area (Å²) in [4.78, 5) is 15.0. The minimum absolute atomic E-state index is 0.0867. The second-order valence-corrected chi connectivity index (χ2v) is 8.07. The Bertz CT molecular complexity index is 750. The first-order chi connectivity index (χ1) is 12.4. The van der Waals surface area contributed by atoms with Gasteiger partial charge in [-0.05, 0) is 37.3 Å². The van der Waals surface area contributed by atoms with Gasteiger partial charge in [-0.15, -0.1) is 0 Å². The molecule has 1 aliphatic heterocycles. The van der Waals surface area contributed by atoms with Crippen molar-refractivity contribution < 1.29 is 4.79 Å². The number of rotatable bonds is 5. The average molecular weight is 375 g/mol. The zero-order valence-corrected chi connectivity index (χ0v) is 16.4. The van der Waals surface area contributed by atoms with Crippen LogP contribution in [0, 0.1) is 11.8 Å². The molecule has 3 unspecified atom stereocenters. The highest BCUT2D eigenvalue weighted by molar-refractivity contribution is 6.32. The van der Waals surface area contributed by atoms with Crippen LogP contribution in [0.1, 0.15) is 37.6 Å². The lowest BCUT2D eigenvalue weighted by molar-refractivity contribution is 0.0905. The maximum atomic E-state index is 12.5. The van der Waals surface area contributed by atoms with Gasteiger partial charge in [-0.2, -0.15) is 5.10 Å². The second-order valence-electron chi connectivity index (χ2n) is 7.66. The fourth-order valence-electron chi connectivity index (χ4n) is 3.89. The van der Waals surface area contributed by atoms with Crippen molar-refractivity contribution in [3.05, 3.63) is 47.2 Å². The SMILES string of the molecule is CC1CC(C)CN(CC(C)NC(=O)c2cnn(-c3ccccc3Cl)c2)C1. The molecule has 26 heavy (non-hydrogen) atoms. The zero-order valence-electron chi connectivity index (χ0n) is 15.7. The molecule has 6 heteroatoms. The highest BCUT2D eigenvalue weighted by atomic mass is 35.5. The Morgan fingerprint density at radius 1 is 1.31 bits per heavy atom. The molecule has 1 aromatic carbocycles. The average Bonchev–Trinajstić information content (AvgIpc) is 3.04. The molecule has 1 saturated heterocycles. The quantitative estimate of drug-likeness (QED) is 0.869. The molecule has 1 aliphatic rings. The molecular formula is C20H27ClN4O. The topological polar surface area (TPSA) is 50.2 Å². The van der Waals surface area contributed by atoms with Crippen molar-refractivity contribution in [3.63, 3.8) is 0 Å². The van der Waals surface area contributed by atoms with Gasteiger partial charge in [0.1, 0.15) is 0 Å². The van der Waals surface area contributed by atoms with Gasteiger partial charge in [-0.3, -0.25) is 4.79 Å². The highest BCUT2D eigenvalue weighted by Crippen LogP contribution is 2.21. The van der Waals surface area contributed by atoms with E-state index in [0.29, 0.717) is 10.6 Å². The van der Waals surface area contributed by atoms with Crippen molar-refractivity contribution in [1.82, 2.24) is 20.0 Å². The number of amides is 1. The molecule has 0 spiro atoms. The summed E-state index contributed by atoms with van der Waals surface area (Å²) in [6, 6.07) is 7.53. The number of benzene rings is 1. The van der Waals surface area contributed by atoms with Crippen LogP contribution in [0.3, 0.4) is 0 Å². The van der Waals surface area contributed by atoms with E-state index >= 15 is 0 Å². The molecule has 0 aliphatic carbocycles. The molecule has 0 radical (unpaired) electrons. The van der Waals surface area contributed by atoms with E-state index in [0.717, 1.165) is 37.2 Å². The van der Waals surface area contributed by atoms with Gasteiger partial charge in [0, 0.05) is 31.9 Å². The maximum absolute atomic E-state index is 12.5. The number of para-hydroxylation sites is 1. The molecule has 3 rings (SSSR count). The van der Waals surface area contributed by atoms with Gasteiger partial charge in [0.05, 0.1) is 22.5 Å². The fourth-order valence-corrected chi connectivity index (χ4v) is 4.11. The summed E-state index contributed by atoms with van der Waals surface area (Å²) in [6.45, 7) is 9.74. The third kappa shape index (κ3) is 4.65. The van der Waals surface area contributed by atoms with E-state index < -0.39 is 0 Å². The molecule has 5 nitrogen and oxygen atoms in total. The van der Waals surface area contributed by atoms with Crippen LogP contribution in [0.4, 0.5) is 0 Å². The van der Waals surface area contributed by atoms with Crippen molar-refractivity contribution in [1.29, 1.82) is 0 Å². The van der Waals surface area contributed by atoms with Crippen molar-refractivity contribution in [2.45, 2.75) is 33.2 Å². The van der Waals surface area contributed by atoms with Crippen molar-refractivity contribution in [3.8, 4) is 5.69 Å². The second kappa shape index (κ2) is 8.23. The predicted octanol–water partition coefficient (Wildman–Crippen LogP) is 3.62. The number of hydrogen-bond acceptors (Lipinski definition) is 3. The van der Waals surface area contributed by atoms with E-state index in [1.54, 1.807) is 23.1 Å². The Kier molecular flexibility index (Phi) is 5.99. The molecular weight excluding hydrogens is 348 g/mol. The maximum Gasteiger partial charge on any atom is 0.254 e. The van der Waals surface area contributed by atoms with E-state index in [9.17, 15) is 4.79 Å². The monoisotopic (exact) mass is 374 g/mol. The predicted molar refractivity (Wildman–Crippen MR) is 105 cm³/mol. The molecule has 1 fully saturated rings. The van der Waals surface area contributed by atoms with Gasteiger partial charge in [0.15, 0.2) is 0 Å². The van der Waals surface area contributed by atoms with Gasteiger partial charge < -0.3 is 10.2 Å². The number of aromatic nitrogens is 2. The molecule has 3 atom stereocenters. The third-order valence-electron chi connectivity index (χ3n) is 4.80. The first-order valence-electron chi connectivity index (χ1n) is 9.25. The van der Waals surface area contributed by atoms with Crippen molar-refractivity contribution in [2.75, 3.05) is 19.6 Å². The Balaban J connectivity index is 1.59. The van der Waals surface area contributed by atoms with E-state index in [1.807, 2.05) is 18.2 Å². The van der Waals surface area contributed by atoms with Crippen LogP contribution >= 0.6 is 11.6 Å². The first kappa shape index (κ1) is 18.9. The lowest BCUT2D eigenvalue weighted by Gasteiger charge is -2.36. The number of nitrogens with one attached hydrogen (secondary N) is 1. The lowest BCUT2D eigenvalue weighted by atomic mass is 9.92. The largest absolute Gasteiger partial charge is 0.348 e. The first-order valence-corrected chi connectivity index (χ1v) is 9.63. The van der Waals surface area contributed by atoms with E-state index in [1.165, 1.54) is 6.42 Å². The summed E-state index contributed by atoms with van der Waals surface area (Å²) in [5, 5.41) is 7.96. The van der Waals surface area contributed by atoms with Gasteiger partial charge in [-0.25, -0.2) is 4.68 Å². The molecule has 0 bridgehead atoms. The van der Waals surface area contributed by atoms with Gasteiger partial charge in [0.2, 0.25) is 0 Å². The molecule has 1 aromatic heterocycles. The number of likely N-dealkylation sites (tertiary alicyclic amines) is 1. The summed E-state index contributed by atoms with van der Waals surface area (Å²) < 4.78 is 1.63. The Morgan fingerprint density at radius 3 is 2.69 bits per heavy atom. The van der Waals surface area contributed by atoms with Crippen LogP contribution in [0.15, 0.2) is 36.7 Å². The van der Waals surface area contributed by atoms with Crippen LogP contribution < -0.4 is 5.32 Å². The van der Waals surface area contributed by atoms with Crippen LogP contribution in [0.25, 0.3) is 5.69 Å². The van der Waals surface area contributed by atoms with E-state index in [-0.39, 0.29) is 11.9 Å². The van der Waals surface area contributed by atoms with Gasteiger partial charge >= 0.3 is 0 Å².